The van der Waals surface area contributed by atoms with E-state index in [0.29, 0.717) is 11.2 Å². The molecule has 8 nitrogen and oxygen atoms in total. The Labute approximate surface area is 188 Å². The van der Waals surface area contributed by atoms with Crippen LogP contribution in [0.2, 0.25) is 0 Å². The zero-order valence-electron chi connectivity index (χ0n) is 18.3. The molecule has 1 aromatic carbocycles. The lowest BCUT2D eigenvalue weighted by Crippen LogP contribution is -2.46. The minimum absolute atomic E-state index is 0.427. The summed E-state index contributed by atoms with van der Waals surface area (Å²) in [5, 5.41) is 2.11. The molecule has 0 atom stereocenters. The molecule has 0 bridgehead atoms. The molecule has 2 saturated heterocycles. The highest BCUT2D eigenvalue weighted by molar-refractivity contribution is 5.98. The second kappa shape index (κ2) is 9.28. The highest BCUT2D eigenvalue weighted by Gasteiger charge is 2.19. The van der Waals surface area contributed by atoms with E-state index in [0.717, 1.165) is 50.6 Å². The van der Waals surface area contributed by atoms with Crippen LogP contribution in [0.4, 0.5) is 5.69 Å². The number of pyridine rings is 1. The van der Waals surface area contributed by atoms with E-state index in [9.17, 15) is 4.79 Å². The number of amides is 1. The van der Waals surface area contributed by atoms with Crippen molar-refractivity contribution in [3.8, 4) is 11.3 Å². The number of primary amides is 1. The van der Waals surface area contributed by atoms with Gasteiger partial charge >= 0.3 is 0 Å². The number of hydrogen-bond acceptors (Lipinski definition) is 6. The minimum atomic E-state index is -0.470. The Hall–Kier alpha value is -2.94. The van der Waals surface area contributed by atoms with Gasteiger partial charge in [0.05, 0.1) is 17.9 Å². The molecule has 2 aromatic heterocycles. The van der Waals surface area contributed by atoms with Crippen molar-refractivity contribution in [2.45, 2.75) is 12.8 Å². The number of imidazole rings is 1. The molecule has 32 heavy (non-hydrogen) atoms. The van der Waals surface area contributed by atoms with Gasteiger partial charge in [0.15, 0.2) is 0 Å². The lowest BCUT2D eigenvalue weighted by Gasteiger charge is -2.35. The molecule has 0 saturated carbocycles. The molecule has 0 spiro atoms. The molecule has 4 heterocycles. The molecule has 0 unspecified atom stereocenters. The SMILES string of the molecule is NC(=O)c1cccn2cc(-c3ccc(N4CCN(OCCN5CCCC5)CC4)cc3)nc12. The van der Waals surface area contributed by atoms with Crippen LogP contribution in [0, 0.1) is 0 Å². The number of piperazine rings is 1. The molecule has 0 radical (unpaired) electrons. The number of carbonyl (C=O) groups excluding carboxylic acids is 1. The van der Waals surface area contributed by atoms with Gasteiger partial charge in [-0.3, -0.25) is 9.63 Å². The first-order chi connectivity index (χ1) is 15.7. The number of nitrogens with zero attached hydrogens (tertiary/aromatic N) is 5. The van der Waals surface area contributed by atoms with Crippen molar-refractivity contribution >= 4 is 17.2 Å². The summed E-state index contributed by atoms with van der Waals surface area (Å²) in [6.07, 6.45) is 6.44. The van der Waals surface area contributed by atoms with Crippen LogP contribution in [-0.2, 0) is 4.84 Å². The van der Waals surface area contributed by atoms with Gasteiger partial charge in [0.1, 0.15) is 5.65 Å². The molecule has 8 heteroatoms. The van der Waals surface area contributed by atoms with Crippen LogP contribution in [-0.4, -0.2) is 77.7 Å². The van der Waals surface area contributed by atoms with E-state index >= 15 is 0 Å². The predicted molar refractivity (Wildman–Crippen MR) is 125 cm³/mol. The van der Waals surface area contributed by atoms with Gasteiger partial charge in [0.25, 0.3) is 5.91 Å². The number of carbonyl (C=O) groups is 1. The summed E-state index contributed by atoms with van der Waals surface area (Å²) in [6.45, 7) is 7.95. The van der Waals surface area contributed by atoms with Crippen molar-refractivity contribution in [1.29, 1.82) is 0 Å². The van der Waals surface area contributed by atoms with E-state index in [1.54, 1.807) is 12.1 Å². The fourth-order valence-corrected chi connectivity index (χ4v) is 4.57. The number of hydroxylamine groups is 2. The molecular weight excluding hydrogens is 404 g/mol. The van der Waals surface area contributed by atoms with E-state index < -0.39 is 5.91 Å². The molecule has 168 valence electrons. The van der Waals surface area contributed by atoms with Crippen molar-refractivity contribution in [3.05, 3.63) is 54.4 Å². The van der Waals surface area contributed by atoms with Crippen molar-refractivity contribution in [2.24, 2.45) is 5.73 Å². The summed E-state index contributed by atoms with van der Waals surface area (Å²) in [7, 11) is 0. The molecular formula is C24H30N6O2. The number of rotatable bonds is 7. The number of hydrogen-bond donors (Lipinski definition) is 1. The van der Waals surface area contributed by atoms with Gasteiger partial charge in [-0.1, -0.05) is 12.1 Å². The summed E-state index contributed by atoms with van der Waals surface area (Å²) in [6, 6.07) is 11.9. The normalized spacial score (nSPS) is 17.9. The number of benzene rings is 1. The lowest BCUT2D eigenvalue weighted by atomic mass is 10.1. The minimum Gasteiger partial charge on any atom is -0.369 e. The number of anilines is 1. The third kappa shape index (κ3) is 4.48. The van der Waals surface area contributed by atoms with Crippen LogP contribution >= 0.6 is 0 Å². The molecule has 1 amide bonds. The Bertz CT molecular complexity index is 1070. The molecule has 2 aliphatic rings. The first-order valence-electron chi connectivity index (χ1n) is 11.4. The van der Waals surface area contributed by atoms with Gasteiger partial charge in [0, 0.05) is 56.4 Å². The maximum absolute atomic E-state index is 11.7. The second-order valence-corrected chi connectivity index (χ2v) is 8.49. The number of aromatic nitrogens is 2. The van der Waals surface area contributed by atoms with E-state index in [2.05, 4.69) is 44.1 Å². The maximum Gasteiger partial charge on any atom is 0.252 e. The maximum atomic E-state index is 11.7. The summed E-state index contributed by atoms with van der Waals surface area (Å²) >= 11 is 0. The van der Waals surface area contributed by atoms with E-state index in [1.807, 2.05) is 16.8 Å². The molecule has 5 rings (SSSR count). The first kappa shape index (κ1) is 20.9. The summed E-state index contributed by atoms with van der Waals surface area (Å²) in [4.78, 5) is 27.2. The number of fused-ring (bicyclic) bond motifs is 1. The number of nitrogens with two attached hydrogens (primary N) is 1. The Balaban J connectivity index is 1.18. The quantitative estimate of drug-likeness (QED) is 0.615. The Kier molecular flexibility index (Phi) is 6.07. The Morgan fingerprint density at radius 3 is 2.47 bits per heavy atom. The fourth-order valence-electron chi connectivity index (χ4n) is 4.57. The van der Waals surface area contributed by atoms with Gasteiger partial charge in [-0.25, -0.2) is 4.98 Å². The topological polar surface area (TPSA) is 79.3 Å². The van der Waals surface area contributed by atoms with Gasteiger partial charge < -0.3 is 19.9 Å². The highest BCUT2D eigenvalue weighted by Crippen LogP contribution is 2.25. The lowest BCUT2D eigenvalue weighted by molar-refractivity contribution is -0.163. The van der Waals surface area contributed by atoms with Crippen molar-refractivity contribution in [2.75, 3.05) is 57.3 Å². The van der Waals surface area contributed by atoms with Crippen molar-refractivity contribution < 1.29 is 9.63 Å². The molecule has 2 fully saturated rings. The molecule has 0 aliphatic carbocycles. The van der Waals surface area contributed by atoms with E-state index in [-0.39, 0.29) is 0 Å². The smallest absolute Gasteiger partial charge is 0.252 e. The summed E-state index contributed by atoms with van der Waals surface area (Å²) < 4.78 is 1.84. The largest absolute Gasteiger partial charge is 0.369 e. The van der Waals surface area contributed by atoms with Crippen LogP contribution in [0.25, 0.3) is 16.9 Å². The van der Waals surface area contributed by atoms with Gasteiger partial charge in [-0.05, 0) is 50.2 Å². The van der Waals surface area contributed by atoms with E-state index in [1.165, 1.54) is 31.6 Å². The Morgan fingerprint density at radius 1 is 1.00 bits per heavy atom. The monoisotopic (exact) mass is 434 g/mol. The number of likely N-dealkylation sites (tertiary alicyclic amines) is 1. The van der Waals surface area contributed by atoms with Crippen molar-refractivity contribution in [3.63, 3.8) is 0 Å². The van der Waals surface area contributed by atoms with Crippen LogP contribution in [0.15, 0.2) is 48.8 Å². The average Bonchev–Trinajstić information content (AvgIpc) is 3.49. The standard InChI is InChI=1S/C24H30N6O2/c25-23(31)21-4-3-11-29-18-22(26-24(21)29)19-5-7-20(8-6-19)28-12-14-30(15-13-28)32-17-16-27-9-1-2-10-27/h3-8,11,18H,1-2,9-10,12-17H2,(H2,25,31). The highest BCUT2D eigenvalue weighted by atomic mass is 16.7. The molecule has 2 N–H and O–H groups in total. The zero-order valence-corrected chi connectivity index (χ0v) is 18.3. The third-order valence-electron chi connectivity index (χ3n) is 6.40. The van der Waals surface area contributed by atoms with Gasteiger partial charge in [-0.15, -0.1) is 0 Å². The zero-order chi connectivity index (χ0) is 21.9. The molecule has 3 aromatic rings. The van der Waals surface area contributed by atoms with Crippen LogP contribution in [0.5, 0.6) is 0 Å². The average molecular weight is 435 g/mol. The first-order valence-corrected chi connectivity index (χ1v) is 11.4. The molecule has 2 aliphatic heterocycles. The van der Waals surface area contributed by atoms with Gasteiger partial charge in [-0.2, -0.15) is 5.06 Å². The second-order valence-electron chi connectivity index (χ2n) is 8.49. The van der Waals surface area contributed by atoms with Gasteiger partial charge in [0.2, 0.25) is 0 Å². The van der Waals surface area contributed by atoms with Crippen LogP contribution in [0.3, 0.4) is 0 Å². The van der Waals surface area contributed by atoms with Crippen LogP contribution < -0.4 is 10.6 Å². The van der Waals surface area contributed by atoms with Crippen molar-refractivity contribution in [1.82, 2.24) is 19.3 Å². The summed E-state index contributed by atoms with van der Waals surface area (Å²) in [5.41, 5.74) is 9.53. The third-order valence-corrected chi connectivity index (χ3v) is 6.40. The van der Waals surface area contributed by atoms with E-state index in [4.69, 9.17) is 10.6 Å². The summed E-state index contributed by atoms with van der Waals surface area (Å²) in [5.74, 6) is -0.470. The fraction of sp³-hybridized carbons (Fsp3) is 0.417. The predicted octanol–water partition coefficient (Wildman–Crippen LogP) is 2.25. The van der Waals surface area contributed by atoms with Crippen LogP contribution in [0.1, 0.15) is 23.2 Å². The Morgan fingerprint density at radius 2 is 1.75 bits per heavy atom.